The number of Topliss-reactive ketones (excluding diaryl/α,β-unsaturated/α-hetero) is 1. The van der Waals surface area contributed by atoms with E-state index in [1.54, 1.807) is 13.8 Å². The Balaban J connectivity index is 3.58. The van der Waals surface area contributed by atoms with E-state index in [1.807, 2.05) is 13.8 Å². The number of carboxylic acids is 1. The van der Waals surface area contributed by atoms with Crippen LogP contribution >= 0.6 is 0 Å². The summed E-state index contributed by atoms with van der Waals surface area (Å²) in [7, 11) is 0. The largest absolute Gasteiger partial charge is 0.481 e. The zero-order chi connectivity index (χ0) is 61.4. The van der Waals surface area contributed by atoms with Crippen LogP contribution < -0.4 is 70.8 Å². The number of nitrogens with one attached hydrogen (secondary N) is 9. The lowest BCUT2D eigenvalue weighted by atomic mass is 10.00. The van der Waals surface area contributed by atoms with Gasteiger partial charge in [-0.1, -0.05) is 71.9 Å². The third kappa shape index (κ3) is 28.2. The van der Waals surface area contributed by atoms with Gasteiger partial charge in [0.1, 0.15) is 54.1 Å². The van der Waals surface area contributed by atoms with Crippen molar-refractivity contribution in [2.75, 3.05) is 19.6 Å². The van der Waals surface area contributed by atoms with Gasteiger partial charge in [-0.15, -0.1) is 0 Å². The molecule has 0 bridgehead atoms. The molecule has 0 aliphatic carbocycles. The molecule has 1 rings (SSSR count). The number of benzene rings is 1. The number of carbonyl (C=O) groups excluding carboxylic acids is 10. The minimum absolute atomic E-state index is 0.00372. The number of unbranched alkanes of at least 4 members (excludes halogenated alkanes) is 3. The first-order valence-electron chi connectivity index (χ1n) is 27.3. The number of ketones is 1. The molecule has 29 nitrogen and oxygen atoms in total. The molecule has 0 heterocycles. The smallest absolute Gasteiger partial charge is 0.303 e. The van der Waals surface area contributed by atoms with E-state index in [0.717, 1.165) is 12.1 Å². The second kappa shape index (κ2) is 37.9. The maximum atomic E-state index is 14.4. The number of rotatable bonds is 40. The Kier molecular flexibility index (Phi) is 33.3. The second-order valence-corrected chi connectivity index (χ2v) is 20.1. The fraction of sp³-hybridized carbons (Fsp3) is 0.654. The van der Waals surface area contributed by atoms with Gasteiger partial charge in [0, 0.05) is 31.5 Å². The topological polar surface area (TPSA) is 476 Å². The SMILES string of the molecule is CCCC[C@H](NC(=O)[C@H](C)NC(=O)[C@H](CCC(=O)O)NC(=O)[C@H](Cc1ccc([N+](=O)[O-])cc1)NC(=O)[C@H](CCCC)NC(=O)[C@@H](NC(=O)[C@H](CCCN=C(N)N)NC(=O)[C@H](C)NC(=O)[C@@H](N)CCCCN)C(C)C)C(=O)NCC(C)=O. The molecule has 0 aromatic heterocycles. The van der Waals surface area contributed by atoms with E-state index >= 15 is 0 Å². The quantitative estimate of drug-likeness (QED) is 0.0113. The first-order chi connectivity index (χ1) is 38.1. The van der Waals surface area contributed by atoms with Crippen molar-refractivity contribution >= 4 is 76.6 Å². The lowest BCUT2D eigenvalue weighted by Gasteiger charge is -2.29. The van der Waals surface area contributed by atoms with E-state index in [-0.39, 0.29) is 68.2 Å². The average molecular weight is 1150 g/mol. The summed E-state index contributed by atoms with van der Waals surface area (Å²) in [6, 6.07) is -6.76. The van der Waals surface area contributed by atoms with Crippen LogP contribution in [0.5, 0.6) is 0 Å². The van der Waals surface area contributed by atoms with Gasteiger partial charge in [-0.2, -0.15) is 0 Å². The molecule has 454 valence electrons. The Morgan fingerprint density at radius 3 is 1.53 bits per heavy atom. The molecule has 0 radical (unpaired) electrons. The first-order valence-corrected chi connectivity index (χ1v) is 27.3. The molecule has 9 atom stereocenters. The van der Waals surface area contributed by atoms with Crippen LogP contribution in [-0.2, 0) is 59.2 Å². The maximum Gasteiger partial charge on any atom is 0.303 e. The van der Waals surface area contributed by atoms with E-state index in [2.05, 4.69) is 52.8 Å². The second-order valence-electron chi connectivity index (χ2n) is 20.1. The summed E-state index contributed by atoms with van der Waals surface area (Å²) in [5.41, 5.74) is 22.5. The van der Waals surface area contributed by atoms with Crippen molar-refractivity contribution in [3.63, 3.8) is 0 Å². The van der Waals surface area contributed by atoms with E-state index in [1.165, 1.54) is 32.9 Å². The Hall–Kier alpha value is -7.82. The zero-order valence-electron chi connectivity index (χ0n) is 47.6. The molecule has 0 spiro atoms. The summed E-state index contributed by atoms with van der Waals surface area (Å²) >= 11 is 0. The van der Waals surface area contributed by atoms with Crippen molar-refractivity contribution in [3.8, 4) is 0 Å². The predicted octanol–water partition coefficient (Wildman–Crippen LogP) is -1.83. The highest BCUT2D eigenvalue weighted by molar-refractivity contribution is 5.98. The molecular formula is C52H87N15O14. The number of aliphatic imine (C=N–C) groups is 1. The van der Waals surface area contributed by atoms with Crippen LogP contribution in [0.2, 0.25) is 0 Å². The minimum atomic E-state index is -1.64. The number of nitrogens with zero attached hydrogens (tertiary/aromatic N) is 2. The van der Waals surface area contributed by atoms with Crippen LogP contribution in [0.15, 0.2) is 29.3 Å². The standard InChI is InChI=1S/C52H87N15O14/c1-8-10-16-36(46(74)58-28-30(5)68)61-44(72)32(7)60-47(75)39(23-24-41(69)70)63-50(78)40(27-33-19-21-34(22-20-33)67(80)81)65-48(76)37(17-11-9-2)64-51(79)42(29(3)4)66-49(77)38(18-14-26-57-52(55)56)62-43(71)31(6)59-45(73)35(54)15-12-13-25-53/h19-22,29,31-32,35-40,42H,8-18,23-28,53-54H2,1-7H3,(H,58,74)(H,59,73)(H,60,75)(H,61,72)(H,62,71)(H,63,78)(H,64,79)(H,65,76)(H,66,77)(H,69,70)(H4,55,56,57)/t31-,32-,35-,36-,37-,38-,39-,40-,42-/m0/s1. The third-order valence-corrected chi connectivity index (χ3v) is 12.6. The molecule has 81 heavy (non-hydrogen) atoms. The Labute approximate surface area is 472 Å². The summed E-state index contributed by atoms with van der Waals surface area (Å²) < 4.78 is 0. The summed E-state index contributed by atoms with van der Waals surface area (Å²) in [4.78, 5) is 161. The number of nitro benzene ring substituents is 1. The highest BCUT2D eigenvalue weighted by Crippen LogP contribution is 2.15. The van der Waals surface area contributed by atoms with Crippen molar-refractivity contribution in [3.05, 3.63) is 39.9 Å². The molecule has 0 aliphatic heterocycles. The Morgan fingerprint density at radius 2 is 1.04 bits per heavy atom. The minimum Gasteiger partial charge on any atom is -0.481 e. The molecule has 9 amide bonds. The number of hydrogen-bond donors (Lipinski definition) is 14. The molecule has 0 saturated carbocycles. The van der Waals surface area contributed by atoms with Gasteiger partial charge in [-0.05, 0) is 83.7 Å². The molecule has 1 aromatic rings. The third-order valence-electron chi connectivity index (χ3n) is 12.6. The van der Waals surface area contributed by atoms with E-state index < -0.39 is 137 Å². The number of nitro groups is 1. The van der Waals surface area contributed by atoms with Gasteiger partial charge in [0.05, 0.1) is 17.5 Å². The Bertz CT molecular complexity index is 2320. The number of hydrogen-bond acceptors (Lipinski definition) is 16. The lowest BCUT2D eigenvalue weighted by Crippen LogP contribution is -2.61. The molecule has 0 aliphatic rings. The van der Waals surface area contributed by atoms with Crippen LogP contribution in [0.3, 0.4) is 0 Å². The molecule has 0 fully saturated rings. The molecule has 1 aromatic carbocycles. The number of non-ortho nitro benzene ring substituents is 1. The fourth-order valence-electron chi connectivity index (χ4n) is 7.79. The van der Waals surface area contributed by atoms with Gasteiger partial charge in [-0.3, -0.25) is 67.8 Å². The van der Waals surface area contributed by atoms with Gasteiger partial charge in [0.15, 0.2) is 5.96 Å². The molecule has 0 saturated heterocycles. The predicted molar refractivity (Wildman–Crippen MR) is 299 cm³/mol. The Morgan fingerprint density at radius 1 is 0.580 bits per heavy atom. The number of aliphatic carboxylic acids is 1. The van der Waals surface area contributed by atoms with E-state index in [4.69, 9.17) is 22.9 Å². The first kappa shape index (κ1) is 71.2. The monoisotopic (exact) mass is 1150 g/mol. The van der Waals surface area contributed by atoms with Gasteiger partial charge >= 0.3 is 5.97 Å². The van der Waals surface area contributed by atoms with Crippen molar-refractivity contribution < 1.29 is 62.8 Å². The summed E-state index contributed by atoms with van der Waals surface area (Å²) in [6.45, 7) is 11.1. The van der Waals surface area contributed by atoms with Crippen LogP contribution in [0, 0.1) is 16.0 Å². The van der Waals surface area contributed by atoms with Crippen LogP contribution in [0.1, 0.15) is 138 Å². The molecule has 29 heteroatoms. The molecule has 18 N–H and O–H groups in total. The fourth-order valence-corrected chi connectivity index (χ4v) is 7.79. The molecular weight excluding hydrogens is 1060 g/mol. The average Bonchev–Trinajstić information content (AvgIpc) is 3.41. The van der Waals surface area contributed by atoms with Crippen molar-refractivity contribution in [2.45, 2.75) is 193 Å². The summed E-state index contributed by atoms with van der Waals surface area (Å²) in [5.74, 6) is -9.92. The summed E-state index contributed by atoms with van der Waals surface area (Å²) in [6.07, 6.45) is 2.47. The van der Waals surface area contributed by atoms with Gasteiger partial charge < -0.3 is 75.9 Å². The number of carboxylic acid groups (broad SMARTS) is 1. The van der Waals surface area contributed by atoms with Crippen LogP contribution in [0.4, 0.5) is 5.69 Å². The van der Waals surface area contributed by atoms with Crippen LogP contribution in [0.25, 0.3) is 0 Å². The lowest BCUT2D eigenvalue weighted by molar-refractivity contribution is -0.384. The van der Waals surface area contributed by atoms with E-state index in [0.29, 0.717) is 51.5 Å². The number of nitrogens with two attached hydrogens (primary N) is 4. The zero-order valence-corrected chi connectivity index (χ0v) is 47.6. The van der Waals surface area contributed by atoms with Gasteiger partial charge in [0.25, 0.3) is 5.69 Å². The van der Waals surface area contributed by atoms with Gasteiger partial charge in [-0.25, -0.2) is 0 Å². The van der Waals surface area contributed by atoms with Gasteiger partial charge in [0.2, 0.25) is 53.2 Å². The summed E-state index contributed by atoms with van der Waals surface area (Å²) in [5, 5.41) is 44.0. The molecule has 0 unspecified atom stereocenters. The number of amides is 9. The maximum absolute atomic E-state index is 14.4. The normalized spacial score (nSPS) is 14.3. The van der Waals surface area contributed by atoms with Crippen molar-refractivity contribution in [1.82, 2.24) is 47.9 Å². The van der Waals surface area contributed by atoms with Crippen molar-refractivity contribution in [1.29, 1.82) is 0 Å². The number of carbonyl (C=O) groups is 11. The highest BCUT2D eigenvalue weighted by atomic mass is 16.6. The van der Waals surface area contributed by atoms with Crippen molar-refractivity contribution in [2.24, 2.45) is 33.8 Å². The highest BCUT2D eigenvalue weighted by Gasteiger charge is 2.35. The number of guanidine groups is 1. The van der Waals surface area contributed by atoms with E-state index in [9.17, 15) is 68.0 Å². The van der Waals surface area contributed by atoms with Crippen LogP contribution in [-0.4, -0.2) is 155 Å².